The molecule has 0 aliphatic rings. The molecule has 0 N–H and O–H groups in total. The number of nitriles is 1. The number of thiazole rings is 1. The first-order chi connectivity index (χ1) is 9.26. The Kier molecular flexibility index (Phi) is 4.37. The third-order valence-corrected chi connectivity index (χ3v) is 3.71. The summed E-state index contributed by atoms with van der Waals surface area (Å²) in [7, 11) is 0. The molecule has 4 nitrogen and oxygen atoms in total. The van der Waals surface area contributed by atoms with Crippen LogP contribution in [0, 0.1) is 11.3 Å². The van der Waals surface area contributed by atoms with Crippen LogP contribution >= 0.6 is 11.3 Å². The van der Waals surface area contributed by atoms with Crippen LogP contribution in [-0.2, 0) is 6.42 Å². The van der Waals surface area contributed by atoms with E-state index >= 15 is 0 Å². The highest BCUT2D eigenvalue weighted by Gasteiger charge is 2.24. The summed E-state index contributed by atoms with van der Waals surface area (Å²) in [6.45, 7) is 2.06. The highest BCUT2D eigenvalue weighted by atomic mass is 32.1. The highest BCUT2D eigenvalue weighted by molar-refractivity contribution is 7.13. The average Bonchev–Trinajstić information content (AvgIpc) is 2.90. The molecule has 2 heterocycles. The van der Waals surface area contributed by atoms with Gasteiger partial charge in [-0.25, -0.2) is 4.98 Å². The molecule has 0 spiro atoms. The minimum absolute atomic E-state index is 0.221. The number of aromatic nitrogens is 2. The van der Waals surface area contributed by atoms with Crippen molar-refractivity contribution in [3.8, 4) is 6.07 Å². The van der Waals surface area contributed by atoms with Crippen molar-refractivity contribution >= 4 is 17.1 Å². The van der Waals surface area contributed by atoms with Crippen molar-refractivity contribution in [2.45, 2.75) is 25.7 Å². The summed E-state index contributed by atoms with van der Waals surface area (Å²) in [6.07, 6.45) is 5.00. The lowest BCUT2D eigenvalue weighted by Gasteiger charge is -2.04. The summed E-state index contributed by atoms with van der Waals surface area (Å²) in [5, 5.41) is 10.1. The fourth-order valence-corrected chi connectivity index (χ4v) is 2.69. The third-order valence-electron chi connectivity index (χ3n) is 2.64. The molecule has 0 aliphatic carbocycles. The minimum Gasteiger partial charge on any atom is -0.291 e. The lowest BCUT2D eigenvalue weighted by Crippen LogP contribution is -2.11. The summed E-state index contributed by atoms with van der Waals surface area (Å²) >= 11 is 1.36. The summed E-state index contributed by atoms with van der Waals surface area (Å²) in [5.74, 6) is -1.07. The van der Waals surface area contributed by atoms with Gasteiger partial charge in [-0.3, -0.25) is 9.78 Å². The van der Waals surface area contributed by atoms with E-state index < -0.39 is 5.92 Å². The number of carbonyl (C=O) groups is 1. The number of carbonyl (C=O) groups excluding carboxylic acids is 1. The average molecular weight is 271 g/mol. The predicted molar refractivity (Wildman–Crippen MR) is 73.0 cm³/mol. The van der Waals surface area contributed by atoms with Crippen LogP contribution in [0.15, 0.2) is 30.6 Å². The van der Waals surface area contributed by atoms with Gasteiger partial charge in [0.2, 0.25) is 0 Å². The first-order valence-corrected chi connectivity index (χ1v) is 6.87. The number of aryl methyl sites for hydroxylation is 1. The van der Waals surface area contributed by atoms with Crippen molar-refractivity contribution < 1.29 is 4.79 Å². The monoisotopic (exact) mass is 271 g/mol. The number of hydrogen-bond acceptors (Lipinski definition) is 5. The molecule has 2 rings (SSSR count). The molecule has 0 amide bonds. The van der Waals surface area contributed by atoms with Crippen LogP contribution in [-0.4, -0.2) is 15.8 Å². The van der Waals surface area contributed by atoms with Crippen LogP contribution in [0.1, 0.15) is 39.6 Å². The van der Waals surface area contributed by atoms with Gasteiger partial charge in [0.25, 0.3) is 0 Å². The zero-order valence-electron chi connectivity index (χ0n) is 10.5. The Hall–Kier alpha value is -2.06. The quantitative estimate of drug-likeness (QED) is 0.784. The Bertz CT molecular complexity index is 601. The maximum Gasteiger partial charge on any atom is 0.197 e. The molecule has 0 saturated heterocycles. The Labute approximate surface area is 115 Å². The van der Waals surface area contributed by atoms with Crippen molar-refractivity contribution in [3.05, 3.63) is 46.2 Å². The maximum atomic E-state index is 12.3. The molecular formula is C14H13N3OS. The summed E-state index contributed by atoms with van der Waals surface area (Å²) < 4.78 is 0. The molecule has 96 valence electrons. The van der Waals surface area contributed by atoms with E-state index in [1.165, 1.54) is 11.3 Å². The topological polar surface area (TPSA) is 66.6 Å². The summed E-state index contributed by atoms with van der Waals surface area (Å²) in [6, 6.07) is 7.25. The molecule has 0 saturated carbocycles. The van der Waals surface area contributed by atoms with E-state index in [2.05, 4.69) is 16.9 Å². The van der Waals surface area contributed by atoms with Crippen LogP contribution in [0.2, 0.25) is 0 Å². The van der Waals surface area contributed by atoms with Gasteiger partial charge in [0, 0.05) is 12.4 Å². The van der Waals surface area contributed by atoms with Crippen molar-refractivity contribution in [1.82, 2.24) is 9.97 Å². The number of ketones is 1. The highest BCUT2D eigenvalue weighted by Crippen LogP contribution is 2.23. The van der Waals surface area contributed by atoms with Gasteiger partial charge in [-0.05, 0) is 25.0 Å². The molecule has 2 aromatic heterocycles. The minimum atomic E-state index is -0.851. The van der Waals surface area contributed by atoms with Gasteiger partial charge >= 0.3 is 0 Å². The molecule has 1 unspecified atom stereocenters. The van der Waals surface area contributed by atoms with Gasteiger partial charge in [0.15, 0.2) is 11.7 Å². The number of pyridine rings is 1. The van der Waals surface area contributed by atoms with E-state index in [1.54, 1.807) is 30.6 Å². The molecule has 2 aromatic rings. The van der Waals surface area contributed by atoms with Gasteiger partial charge in [0.05, 0.1) is 21.6 Å². The second-order valence-corrected chi connectivity index (χ2v) is 5.16. The lowest BCUT2D eigenvalue weighted by molar-refractivity contribution is 0.0981. The van der Waals surface area contributed by atoms with Crippen molar-refractivity contribution in [2.24, 2.45) is 0 Å². The first kappa shape index (κ1) is 13.4. The third kappa shape index (κ3) is 3.04. The smallest absolute Gasteiger partial charge is 0.197 e. The zero-order valence-corrected chi connectivity index (χ0v) is 11.4. The standard InChI is InChI=1S/C14H13N3OS/c1-2-5-13-17-9-12(19-13)14(18)10(8-15)11-6-3-4-7-16-11/h3-4,6-7,9-10H,2,5H2,1H3. The Morgan fingerprint density at radius 3 is 2.95 bits per heavy atom. The normalized spacial score (nSPS) is 11.8. The maximum absolute atomic E-state index is 12.3. The van der Waals surface area contributed by atoms with Crippen molar-refractivity contribution in [3.63, 3.8) is 0 Å². The number of hydrogen-bond donors (Lipinski definition) is 0. The Balaban J connectivity index is 2.24. The number of Topliss-reactive ketones (excluding diaryl/α,β-unsaturated/α-hetero) is 1. The lowest BCUT2D eigenvalue weighted by atomic mass is 10.0. The largest absolute Gasteiger partial charge is 0.291 e. The second kappa shape index (κ2) is 6.21. The molecule has 0 fully saturated rings. The van der Waals surface area contributed by atoms with Crippen LogP contribution in [0.4, 0.5) is 0 Å². The summed E-state index contributed by atoms with van der Waals surface area (Å²) in [4.78, 5) is 21.1. The van der Waals surface area contributed by atoms with Crippen LogP contribution < -0.4 is 0 Å². The molecule has 1 atom stereocenters. The van der Waals surface area contributed by atoms with Gasteiger partial charge in [0.1, 0.15) is 0 Å². The van der Waals surface area contributed by atoms with Gasteiger partial charge < -0.3 is 0 Å². The fourth-order valence-electron chi connectivity index (χ4n) is 1.70. The van der Waals surface area contributed by atoms with E-state index in [1.807, 2.05) is 6.07 Å². The Morgan fingerprint density at radius 2 is 2.32 bits per heavy atom. The van der Waals surface area contributed by atoms with Gasteiger partial charge in [-0.1, -0.05) is 13.0 Å². The Morgan fingerprint density at radius 1 is 1.47 bits per heavy atom. The van der Waals surface area contributed by atoms with E-state index in [4.69, 9.17) is 0 Å². The zero-order chi connectivity index (χ0) is 13.7. The van der Waals surface area contributed by atoms with Gasteiger partial charge in [-0.2, -0.15) is 5.26 Å². The fraction of sp³-hybridized carbons (Fsp3) is 0.286. The second-order valence-electron chi connectivity index (χ2n) is 4.05. The SMILES string of the molecule is CCCc1ncc(C(=O)C(C#N)c2ccccn2)s1. The molecule has 0 aromatic carbocycles. The van der Waals surface area contributed by atoms with E-state index in [-0.39, 0.29) is 5.78 Å². The molecule has 0 aliphatic heterocycles. The van der Waals surface area contributed by atoms with Crippen molar-refractivity contribution in [2.75, 3.05) is 0 Å². The molecule has 19 heavy (non-hydrogen) atoms. The van der Waals surface area contributed by atoms with Crippen LogP contribution in [0.5, 0.6) is 0 Å². The molecule has 5 heteroatoms. The predicted octanol–water partition coefficient (Wildman–Crippen LogP) is 2.98. The van der Waals surface area contributed by atoms with Gasteiger partial charge in [-0.15, -0.1) is 11.3 Å². The van der Waals surface area contributed by atoms with Crippen LogP contribution in [0.3, 0.4) is 0 Å². The molecule has 0 bridgehead atoms. The molecule has 0 radical (unpaired) electrons. The number of nitrogens with zero attached hydrogens (tertiary/aromatic N) is 3. The number of rotatable bonds is 5. The van der Waals surface area contributed by atoms with E-state index in [9.17, 15) is 10.1 Å². The van der Waals surface area contributed by atoms with E-state index in [0.717, 1.165) is 17.8 Å². The molecular weight excluding hydrogens is 258 g/mol. The van der Waals surface area contributed by atoms with E-state index in [0.29, 0.717) is 10.6 Å². The first-order valence-electron chi connectivity index (χ1n) is 6.05. The summed E-state index contributed by atoms with van der Waals surface area (Å²) in [5.41, 5.74) is 0.487. The van der Waals surface area contributed by atoms with Crippen molar-refractivity contribution in [1.29, 1.82) is 5.26 Å². The van der Waals surface area contributed by atoms with Crippen LogP contribution in [0.25, 0.3) is 0 Å².